The van der Waals surface area contributed by atoms with Crippen molar-refractivity contribution in [3.8, 4) is 6.07 Å². The molecule has 3 rings (SSSR count). The maximum Gasteiger partial charge on any atom is 0.208 e. The van der Waals surface area contributed by atoms with Crippen LogP contribution in [0.5, 0.6) is 0 Å². The lowest BCUT2D eigenvalue weighted by Crippen LogP contribution is -2.02. The number of aromatic nitrogens is 3. The first kappa shape index (κ1) is 12.5. The van der Waals surface area contributed by atoms with E-state index in [-0.39, 0.29) is 5.95 Å². The molecular formula is C14H11N5S. The van der Waals surface area contributed by atoms with Gasteiger partial charge in [-0.15, -0.1) is 11.8 Å². The monoisotopic (exact) mass is 281 g/mol. The zero-order valence-corrected chi connectivity index (χ0v) is 11.3. The molecule has 0 aliphatic rings. The summed E-state index contributed by atoms with van der Waals surface area (Å²) in [6, 6.07) is 14.0. The summed E-state index contributed by atoms with van der Waals surface area (Å²) >= 11 is 1.59. The summed E-state index contributed by atoms with van der Waals surface area (Å²) in [7, 11) is 0. The van der Waals surface area contributed by atoms with E-state index in [1.165, 1.54) is 11.8 Å². The summed E-state index contributed by atoms with van der Waals surface area (Å²) in [5.41, 5.74) is 8.15. The van der Waals surface area contributed by atoms with Crippen LogP contribution in [0.1, 0.15) is 11.3 Å². The summed E-state index contributed by atoms with van der Waals surface area (Å²) < 4.78 is 1.55. The first-order chi connectivity index (χ1) is 9.78. The van der Waals surface area contributed by atoms with E-state index in [1.807, 2.05) is 30.3 Å². The molecule has 20 heavy (non-hydrogen) atoms. The molecule has 0 amide bonds. The molecule has 2 aromatic heterocycles. The Kier molecular flexibility index (Phi) is 3.27. The number of hydrogen-bond donors (Lipinski definition) is 1. The number of benzene rings is 1. The van der Waals surface area contributed by atoms with Gasteiger partial charge in [0.1, 0.15) is 22.4 Å². The molecule has 0 aliphatic heterocycles. The van der Waals surface area contributed by atoms with E-state index < -0.39 is 0 Å². The number of rotatable bonds is 3. The lowest BCUT2D eigenvalue weighted by molar-refractivity contribution is 1.02. The van der Waals surface area contributed by atoms with Gasteiger partial charge >= 0.3 is 0 Å². The summed E-state index contributed by atoms with van der Waals surface area (Å²) in [6.45, 7) is 0. The van der Waals surface area contributed by atoms with Crippen molar-refractivity contribution in [2.45, 2.75) is 10.8 Å². The number of thioether (sulfide) groups is 1. The third-order valence-corrected chi connectivity index (χ3v) is 3.82. The largest absolute Gasteiger partial charge is 0.369 e. The maximum atomic E-state index is 8.97. The van der Waals surface area contributed by atoms with Crippen molar-refractivity contribution in [1.29, 1.82) is 5.26 Å². The Bertz CT molecular complexity index is 788. The van der Waals surface area contributed by atoms with Crippen LogP contribution in [0.2, 0.25) is 0 Å². The summed E-state index contributed by atoms with van der Waals surface area (Å²) in [6.07, 6.45) is 1.50. The third-order valence-electron chi connectivity index (χ3n) is 2.84. The summed E-state index contributed by atoms with van der Waals surface area (Å²) in [5, 5.41) is 9.77. The molecule has 0 spiro atoms. The van der Waals surface area contributed by atoms with Gasteiger partial charge in [0, 0.05) is 11.8 Å². The number of fused-ring (bicyclic) bond motifs is 1. The van der Waals surface area contributed by atoms with Gasteiger partial charge in [0.15, 0.2) is 0 Å². The van der Waals surface area contributed by atoms with E-state index in [0.29, 0.717) is 11.3 Å². The van der Waals surface area contributed by atoms with Crippen molar-refractivity contribution >= 4 is 23.4 Å². The van der Waals surface area contributed by atoms with Crippen molar-refractivity contribution in [2.75, 3.05) is 5.73 Å². The van der Waals surface area contributed by atoms with Crippen molar-refractivity contribution in [3.63, 3.8) is 0 Å². The predicted octanol–water partition coefficient (Wildman–Crippen LogP) is 2.48. The second-order valence-corrected chi connectivity index (χ2v) is 5.17. The molecule has 6 heteroatoms. The standard InChI is InChI=1S/C14H11N5S/c15-7-11-8-17-12-6-13(18-14(16)19(11)12)20-9-10-4-2-1-3-5-10/h1-6,8H,9H2,(H2,16,18). The van der Waals surface area contributed by atoms with Gasteiger partial charge in [0.25, 0.3) is 0 Å². The average Bonchev–Trinajstić information content (AvgIpc) is 2.90. The summed E-state index contributed by atoms with van der Waals surface area (Å²) in [5.74, 6) is 1.10. The fourth-order valence-corrected chi connectivity index (χ4v) is 2.75. The van der Waals surface area contributed by atoms with Gasteiger partial charge in [-0.1, -0.05) is 30.3 Å². The van der Waals surface area contributed by atoms with Crippen molar-refractivity contribution in [2.24, 2.45) is 0 Å². The van der Waals surface area contributed by atoms with E-state index in [1.54, 1.807) is 16.2 Å². The number of nitrogens with zero attached hydrogens (tertiary/aromatic N) is 4. The van der Waals surface area contributed by atoms with Crippen molar-refractivity contribution < 1.29 is 0 Å². The van der Waals surface area contributed by atoms with Gasteiger partial charge in [-0.2, -0.15) is 5.26 Å². The molecule has 0 atom stereocenters. The van der Waals surface area contributed by atoms with Crippen LogP contribution >= 0.6 is 11.8 Å². The predicted molar refractivity (Wildman–Crippen MR) is 78.1 cm³/mol. The Labute approximate surface area is 120 Å². The Balaban J connectivity index is 1.88. The van der Waals surface area contributed by atoms with Gasteiger partial charge < -0.3 is 5.73 Å². The van der Waals surface area contributed by atoms with Crippen LogP contribution in [0.4, 0.5) is 5.95 Å². The van der Waals surface area contributed by atoms with Crippen LogP contribution in [0, 0.1) is 11.3 Å². The number of hydrogen-bond acceptors (Lipinski definition) is 5. The summed E-state index contributed by atoms with van der Waals surface area (Å²) in [4.78, 5) is 8.48. The highest BCUT2D eigenvalue weighted by atomic mass is 32.2. The lowest BCUT2D eigenvalue weighted by Gasteiger charge is -2.05. The zero-order chi connectivity index (χ0) is 13.9. The Morgan fingerprint density at radius 1 is 1.30 bits per heavy atom. The Morgan fingerprint density at radius 3 is 2.85 bits per heavy atom. The van der Waals surface area contributed by atoms with Gasteiger partial charge in [-0.25, -0.2) is 9.97 Å². The van der Waals surface area contributed by atoms with E-state index in [4.69, 9.17) is 11.0 Å². The fourth-order valence-electron chi connectivity index (χ4n) is 1.90. The maximum absolute atomic E-state index is 8.97. The van der Waals surface area contributed by atoms with Gasteiger partial charge in [-0.05, 0) is 5.56 Å². The molecule has 0 saturated carbocycles. The number of anilines is 1. The average molecular weight is 281 g/mol. The molecule has 0 fully saturated rings. The molecular weight excluding hydrogens is 270 g/mol. The Hall–Kier alpha value is -2.52. The minimum absolute atomic E-state index is 0.284. The van der Waals surface area contributed by atoms with E-state index >= 15 is 0 Å². The lowest BCUT2D eigenvalue weighted by atomic mass is 10.2. The van der Waals surface area contributed by atoms with Crippen LogP contribution in [0.25, 0.3) is 5.65 Å². The van der Waals surface area contributed by atoms with Crippen LogP contribution < -0.4 is 5.73 Å². The SMILES string of the molecule is N#Cc1cnc2cc(SCc3ccccc3)nc(N)n12. The molecule has 0 saturated heterocycles. The fraction of sp³-hybridized carbons (Fsp3) is 0.0714. The molecule has 5 nitrogen and oxygen atoms in total. The first-order valence-corrected chi connectivity index (χ1v) is 6.97. The molecule has 2 heterocycles. The quantitative estimate of drug-likeness (QED) is 0.589. The highest BCUT2D eigenvalue weighted by Crippen LogP contribution is 2.23. The van der Waals surface area contributed by atoms with Crippen LogP contribution in [0.15, 0.2) is 47.6 Å². The van der Waals surface area contributed by atoms with Gasteiger partial charge in [0.2, 0.25) is 5.95 Å². The van der Waals surface area contributed by atoms with E-state index in [2.05, 4.69) is 22.1 Å². The second kappa shape index (κ2) is 5.23. The molecule has 0 unspecified atom stereocenters. The molecule has 0 aliphatic carbocycles. The second-order valence-electron chi connectivity index (χ2n) is 4.18. The van der Waals surface area contributed by atoms with Gasteiger partial charge in [0.05, 0.1) is 6.20 Å². The van der Waals surface area contributed by atoms with Crippen LogP contribution in [-0.4, -0.2) is 14.4 Å². The van der Waals surface area contributed by atoms with Gasteiger partial charge in [-0.3, -0.25) is 4.40 Å². The van der Waals surface area contributed by atoms with E-state index in [9.17, 15) is 0 Å². The van der Waals surface area contributed by atoms with Crippen molar-refractivity contribution in [3.05, 3.63) is 53.9 Å². The molecule has 3 aromatic rings. The number of nitrogens with two attached hydrogens (primary N) is 1. The Morgan fingerprint density at radius 2 is 2.10 bits per heavy atom. The number of nitrogen functional groups attached to an aromatic ring is 1. The van der Waals surface area contributed by atoms with Crippen LogP contribution in [-0.2, 0) is 5.75 Å². The highest BCUT2D eigenvalue weighted by molar-refractivity contribution is 7.98. The normalized spacial score (nSPS) is 10.6. The molecule has 2 N–H and O–H groups in total. The number of imidazole rings is 1. The minimum Gasteiger partial charge on any atom is -0.369 e. The minimum atomic E-state index is 0.284. The molecule has 98 valence electrons. The smallest absolute Gasteiger partial charge is 0.208 e. The van der Waals surface area contributed by atoms with Crippen molar-refractivity contribution in [1.82, 2.24) is 14.4 Å². The molecule has 0 bridgehead atoms. The molecule has 1 aromatic carbocycles. The molecule has 0 radical (unpaired) electrons. The third kappa shape index (κ3) is 2.31. The number of nitriles is 1. The van der Waals surface area contributed by atoms with E-state index in [0.717, 1.165) is 10.8 Å². The zero-order valence-electron chi connectivity index (χ0n) is 10.5. The van der Waals surface area contributed by atoms with Crippen LogP contribution in [0.3, 0.4) is 0 Å². The highest BCUT2D eigenvalue weighted by Gasteiger charge is 2.09. The first-order valence-electron chi connectivity index (χ1n) is 5.99. The topological polar surface area (TPSA) is 80.0 Å².